The molecule has 0 fully saturated rings. The summed E-state index contributed by atoms with van der Waals surface area (Å²) in [4.78, 5) is 13.0. The standard InChI is InChI=1S/C29H29BrN4O4S/c1-21-17-24(22(2)34(21)26-11-13-27(38-3)14-12-26)18-31-32-29(35)20-33(19-23-7-5-4-6-8-23)39(36,37)28-15-9-25(30)10-16-28/h4-18H,19-20H2,1-3H3,(H,32,35)/b31-18+. The van der Waals surface area contributed by atoms with E-state index in [0.717, 1.165) is 42.7 Å². The first-order valence-electron chi connectivity index (χ1n) is 12.1. The Balaban J connectivity index is 1.50. The van der Waals surface area contributed by atoms with Crippen LogP contribution in [0.4, 0.5) is 0 Å². The molecule has 1 N–H and O–H groups in total. The lowest BCUT2D eigenvalue weighted by atomic mass is 10.2. The second-order valence-electron chi connectivity index (χ2n) is 8.87. The van der Waals surface area contributed by atoms with Crippen LogP contribution in [0.3, 0.4) is 0 Å². The maximum absolute atomic E-state index is 13.4. The summed E-state index contributed by atoms with van der Waals surface area (Å²) >= 11 is 3.33. The van der Waals surface area contributed by atoms with Gasteiger partial charge in [0.05, 0.1) is 24.8 Å². The second-order valence-corrected chi connectivity index (χ2v) is 11.7. The zero-order valence-corrected chi connectivity index (χ0v) is 24.2. The van der Waals surface area contributed by atoms with Crippen LogP contribution in [0.5, 0.6) is 5.75 Å². The van der Waals surface area contributed by atoms with Gasteiger partial charge in [0, 0.05) is 33.7 Å². The number of rotatable bonds is 10. The van der Waals surface area contributed by atoms with Gasteiger partial charge in [0.25, 0.3) is 5.91 Å². The Bertz CT molecular complexity index is 1570. The fourth-order valence-electron chi connectivity index (χ4n) is 4.18. The van der Waals surface area contributed by atoms with E-state index in [1.807, 2.05) is 74.5 Å². The zero-order chi connectivity index (χ0) is 28.0. The molecule has 0 aliphatic carbocycles. The summed E-state index contributed by atoms with van der Waals surface area (Å²) in [5.41, 5.74) is 6.99. The summed E-state index contributed by atoms with van der Waals surface area (Å²) in [5.74, 6) is 0.223. The Kier molecular flexibility index (Phi) is 9.01. The van der Waals surface area contributed by atoms with Gasteiger partial charge in [-0.15, -0.1) is 0 Å². The van der Waals surface area contributed by atoms with Crippen molar-refractivity contribution in [1.29, 1.82) is 0 Å². The Morgan fingerprint density at radius 1 is 1.03 bits per heavy atom. The van der Waals surface area contributed by atoms with E-state index in [1.165, 1.54) is 12.1 Å². The molecule has 0 atom stereocenters. The molecule has 0 unspecified atom stereocenters. The number of methoxy groups -OCH3 is 1. The molecule has 1 heterocycles. The summed E-state index contributed by atoms with van der Waals surface area (Å²) < 4.78 is 36.1. The predicted molar refractivity (Wildman–Crippen MR) is 156 cm³/mol. The third-order valence-corrected chi connectivity index (χ3v) is 8.50. The highest BCUT2D eigenvalue weighted by molar-refractivity contribution is 9.10. The summed E-state index contributed by atoms with van der Waals surface area (Å²) in [6.45, 7) is 3.60. The van der Waals surface area contributed by atoms with Crippen molar-refractivity contribution in [2.45, 2.75) is 25.3 Å². The lowest BCUT2D eigenvalue weighted by Gasteiger charge is -2.21. The fourth-order valence-corrected chi connectivity index (χ4v) is 5.83. The van der Waals surface area contributed by atoms with Crippen molar-refractivity contribution in [3.8, 4) is 11.4 Å². The molecule has 0 spiro atoms. The smallest absolute Gasteiger partial charge is 0.255 e. The molecule has 8 nitrogen and oxygen atoms in total. The minimum atomic E-state index is -3.95. The zero-order valence-electron chi connectivity index (χ0n) is 21.8. The normalized spacial score (nSPS) is 11.7. The Morgan fingerprint density at radius 3 is 2.33 bits per heavy atom. The van der Waals surface area contributed by atoms with Crippen LogP contribution in [0, 0.1) is 13.8 Å². The van der Waals surface area contributed by atoms with Crippen LogP contribution in [0.15, 0.2) is 99.4 Å². The number of halogens is 1. The van der Waals surface area contributed by atoms with Gasteiger partial charge < -0.3 is 9.30 Å². The molecule has 3 aromatic carbocycles. The third-order valence-electron chi connectivity index (χ3n) is 6.17. The highest BCUT2D eigenvalue weighted by Crippen LogP contribution is 2.23. The van der Waals surface area contributed by atoms with Crippen LogP contribution >= 0.6 is 15.9 Å². The predicted octanol–water partition coefficient (Wildman–Crippen LogP) is 5.21. The van der Waals surface area contributed by atoms with Crippen LogP contribution in [0.1, 0.15) is 22.5 Å². The molecule has 1 aromatic heterocycles. The second kappa shape index (κ2) is 12.4. The Morgan fingerprint density at radius 2 is 1.69 bits per heavy atom. The van der Waals surface area contributed by atoms with E-state index < -0.39 is 22.5 Å². The summed E-state index contributed by atoms with van der Waals surface area (Å²) in [6, 6.07) is 25.1. The van der Waals surface area contributed by atoms with E-state index in [-0.39, 0.29) is 11.4 Å². The molecule has 1 amide bonds. The topological polar surface area (TPSA) is 93.0 Å². The van der Waals surface area contributed by atoms with Crippen LogP contribution in [0.25, 0.3) is 5.69 Å². The number of hydrogen-bond donors (Lipinski definition) is 1. The molecule has 10 heteroatoms. The minimum Gasteiger partial charge on any atom is -0.497 e. The number of nitrogens with zero attached hydrogens (tertiary/aromatic N) is 3. The van der Waals surface area contributed by atoms with Crippen molar-refractivity contribution in [3.05, 3.63) is 112 Å². The van der Waals surface area contributed by atoms with Gasteiger partial charge in [-0.05, 0) is 74.0 Å². The number of ether oxygens (including phenoxy) is 1. The Labute approximate surface area is 237 Å². The van der Waals surface area contributed by atoms with Crippen molar-refractivity contribution in [2.75, 3.05) is 13.7 Å². The molecule has 4 aromatic rings. The number of aryl methyl sites for hydroxylation is 1. The number of hydrazone groups is 1. The van der Waals surface area contributed by atoms with Gasteiger partial charge in [0.2, 0.25) is 10.0 Å². The van der Waals surface area contributed by atoms with E-state index >= 15 is 0 Å². The maximum atomic E-state index is 13.4. The molecule has 0 radical (unpaired) electrons. The minimum absolute atomic E-state index is 0.0411. The molecule has 0 saturated carbocycles. The van der Waals surface area contributed by atoms with E-state index in [2.05, 4.69) is 31.0 Å². The number of carbonyl (C=O) groups excluding carboxylic acids is 1. The van der Waals surface area contributed by atoms with Crippen molar-refractivity contribution in [2.24, 2.45) is 5.10 Å². The number of hydrogen-bond acceptors (Lipinski definition) is 5. The third kappa shape index (κ3) is 6.83. The lowest BCUT2D eigenvalue weighted by molar-refractivity contribution is -0.121. The average Bonchev–Trinajstić information content (AvgIpc) is 3.21. The van der Waals surface area contributed by atoms with Crippen molar-refractivity contribution >= 4 is 38.1 Å². The summed E-state index contributed by atoms with van der Waals surface area (Å²) in [5, 5.41) is 4.12. The summed E-state index contributed by atoms with van der Waals surface area (Å²) in [6.07, 6.45) is 1.56. The number of aromatic nitrogens is 1. The quantitative estimate of drug-likeness (QED) is 0.198. The molecular formula is C29H29BrN4O4S. The van der Waals surface area contributed by atoms with E-state index in [4.69, 9.17) is 4.74 Å². The number of sulfonamides is 1. The molecule has 0 aliphatic rings. The van der Waals surface area contributed by atoms with E-state index in [1.54, 1.807) is 25.5 Å². The van der Waals surface area contributed by atoms with Crippen molar-refractivity contribution in [3.63, 3.8) is 0 Å². The number of nitrogens with one attached hydrogen (secondary N) is 1. The van der Waals surface area contributed by atoms with Gasteiger partial charge in [0.15, 0.2) is 0 Å². The average molecular weight is 610 g/mol. The van der Waals surface area contributed by atoms with Crippen molar-refractivity contribution in [1.82, 2.24) is 14.3 Å². The summed E-state index contributed by atoms with van der Waals surface area (Å²) in [7, 11) is -2.32. The van der Waals surface area contributed by atoms with Gasteiger partial charge in [-0.1, -0.05) is 46.3 Å². The largest absolute Gasteiger partial charge is 0.497 e. The van der Waals surface area contributed by atoms with Gasteiger partial charge in [0.1, 0.15) is 5.75 Å². The number of carbonyl (C=O) groups is 1. The molecule has 0 saturated heterocycles. The van der Waals surface area contributed by atoms with Crippen LogP contribution < -0.4 is 10.2 Å². The molecular weight excluding hydrogens is 580 g/mol. The molecule has 4 rings (SSSR count). The van der Waals surface area contributed by atoms with E-state index in [9.17, 15) is 13.2 Å². The number of benzene rings is 3. The Hall–Kier alpha value is -3.73. The van der Waals surface area contributed by atoms with Gasteiger partial charge in [-0.3, -0.25) is 4.79 Å². The van der Waals surface area contributed by atoms with Crippen LogP contribution in [-0.4, -0.2) is 43.1 Å². The maximum Gasteiger partial charge on any atom is 0.255 e. The van der Waals surface area contributed by atoms with E-state index in [0.29, 0.717) is 0 Å². The molecule has 0 bridgehead atoms. The van der Waals surface area contributed by atoms with Crippen LogP contribution in [-0.2, 0) is 21.4 Å². The van der Waals surface area contributed by atoms with Gasteiger partial charge in [-0.25, -0.2) is 13.8 Å². The lowest BCUT2D eigenvalue weighted by Crippen LogP contribution is -2.39. The first kappa shape index (κ1) is 28.3. The highest BCUT2D eigenvalue weighted by atomic mass is 79.9. The van der Waals surface area contributed by atoms with Gasteiger partial charge in [-0.2, -0.15) is 9.41 Å². The monoisotopic (exact) mass is 608 g/mol. The van der Waals surface area contributed by atoms with Crippen molar-refractivity contribution < 1.29 is 17.9 Å². The molecule has 202 valence electrons. The number of amides is 1. The first-order chi connectivity index (χ1) is 18.7. The highest BCUT2D eigenvalue weighted by Gasteiger charge is 2.27. The first-order valence-corrected chi connectivity index (χ1v) is 14.4. The molecule has 0 aliphatic heterocycles. The molecule has 39 heavy (non-hydrogen) atoms. The fraction of sp³-hybridized carbons (Fsp3) is 0.172. The van der Waals surface area contributed by atoms with Crippen LogP contribution in [0.2, 0.25) is 0 Å². The SMILES string of the molecule is COc1ccc(-n2c(C)cc(/C=N/NC(=O)CN(Cc3ccccc3)S(=O)(=O)c3ccc(Br)cc3)c2C)cc1. The van der Waals surface area contributed by atoms with Gasteiger partial charge >= 0.3 is 0 Å².